The predicted molar refractivity (Wildman–Crippen MR) is 51.4 cm³/mol. The molecule has 3 atom stereocenters. The molecule has 1 N–H and O–H groups in total. The molecule has 0 aromatic heterocycles. The highest BCUT2D eigenvalue weighted by Gasteiger charge is 2.28. The number of aliphatic hydroxyl groups excluding tert-OH is 1. The van der Waals surface area contributed by atoms with Crippen LogP contribution in [0.15, 0.2) is 0 Å². The zero-order valence-corrected chi connectivity index (χ0v) is 9.23. The molecule has 14 heavy (non-hydrogen) atoms. The van der Waals surface area contributed by atoms with Gasteiger partial charge in [0.15, 0.2) is 0 Å². The molecular formula is C9H20O5. The zero-order valence-electron chi connectivity index (χ0n) is 9.23. The van der Waals surface area contributed by atoms with E-state index in [0.717, 1.165) is 0 Å². The lowest BCUT2D eigenvalue weighted by Gasteiger charge is -2.27. The van der Waals surface area contributed by atoms with E-state index in [1.54, 1.807) is 14.2 Å². The van der Waals surface area contributed by atoms with Crippen LogP contribution in [0.2, 0.25) is 0 Å². The Hall–Kier alpha value is -0.200. The SMILES string of the molecule is COCC(O)C(OC)C(COC)OC. The molecule has 0 aromatic carbocycles. The summed E-state index contributed by atoms with van der Waals surface area (Å²) in [5.74, 6) is 0. The average Bonchev–Trinajstić information content (AvgIpc) is 2.18. The minimum Gasteiger partial charge on any atom is -0.388 e. The Labute approximate surface area is 84.9 Å². The van der Waals surface area contributed by atoms with Gasteiger partial charge in [0.25, 0.3) is 0 Å². The van der Waals surface area contributed by atoms with E-state index in [1.165, 1.54) is 14.2 Å². The van der Waals surface area contributed by atoms with Crippen LogP contribution in [0.3, 0.4) is 0 Å². The largest absolute Gasteiger partial charge is 0.388 e. The standard InChI is InChI=1S/C9H20O5/c1-11-5-7(10)9(14-4)8(13-3)6-12-2/h7-10H,5-6H2,1-4H3. The number of rotatable bonds is 8. The second kappa shape index (κ2) is 8.14. The van der Waals surface area contributed by atoms with Gasteiger partial charge in [-0.25, -0.2) is 0 Å². The van der Waals surface area contributed by atoms with Gasteiger partial charge >= 0.3 is 0 Å². The third-order valence-electron chi connectivity index (χ3n) is 1.99. The zero-order chi connectivity index (χ0) is 11.0. The van der Waals surface area contributed by atoms with Crippen LogP contribution >= 0.6 is 0 Å². The predicted octanol–water partition coefficient (Wildman–Crippen LogP) is -0.330. The number of methoxy groups -OCH3 is 4. The summed E-state index contributed by atoms with van der Waals surface area (Å²) in [4.78, 5) is 0. The Morgan fingerprint density at radius 1 is 0.929 bits per heavy atom. The lowest BCUT2D eigenvalue weighted by Crippen LogP contribution is -2.44. The highest BCUT2D eigenvalue weighted by molar-refractivity contribution is 4.77. The van der Waals surface area contributed by atoms with E-state index in [0.29, 0.717) is 6.61 Å². The first kappa shape index (κ1) is 13.8. The second-order valence-electron chi connectivity index (χ2n) is 2.95. The minimum atomic E-state index is -0.718. The summed E-state index contributed by atoms with van der Waals surface area (Å²) in [5.41, 5.74) is 0. The van der Waals surface area contributed by atoms with Gasteiger partial charge in [0.2, 0.25) is 0 Å². The normalized spacial score (nSPS) is 17.8. The van der Waals surface area contributed by atoms with Crippen LogP contribution in [0.5, 0.6) is 0 Å². The summed E-state index contributed by atoms with van der Waals surface area (Å²) in [6.45, 7) is 0.581. The van der Waals surface area contributed by atoms with Crippen LogP contribution < -0.4 is 0 Å². The fraction of sp³-hybridized carbons (Fsp3) is 1.00. The van der Waals surface area contributed by atoms with Crippen LogP contribution in [-0.4, -0.2) is 65.1 Å². The van der Waals surface area contributed by atoms with Gasteiger partial charge in [-0.3, -0.25) is 0 Å². The molecule has 0 amide bonds. The van der Waals surface area contributed by atoms with E-state index < -0.39 is 12.2 Å². The molecular weight excluding hydrogens is 188 g/mol. The van der Waals surface area contributed by atoms with Gasteiger partial charge in [0.05, 0.1) is 13.2 Å². The summed E-state index contributed by atoms with van der Waals surface area (Å²) >= 11 is 0. The number of hydrogen-bond donors (Lipinski definition) is 1. The van der Waals surface area contributed by atoms with Crippen molar-refractivity contribution in [2.24, 2.45) is 0 Å². The van der Waals surface area contributed by atoms with E-state index in [9.17, 15) is 5.11 Å². The fourth-order valence-electron chi connectivity index (χ4n) is 1.28. The molecule has 0 bridgehead atoms. The first-order chi connectivity index (χ1) is 6.71. The molecule has 0 aliphatic rings. The van der Waals surface area contributed by atoms with Crippen molar-refractivity contribution in [1.82, 2.24) is 0 Å². The Kier molecular flexibility index (Phi) is 8.02. The number of ether oxygens (including phenoxy) is 4. The van der Waals surface area contributed by atoms with E-state index in [-0.39, 0.29) is 12.7 Å². The van der Waals surface area contributed by atoms with Crippen molar-refractivity contribution < 1.29 is 24.1 Å². The van der Waals surface area contributed by atoms with Gasteiger partial charge in [-0.15, -0.1) is 0 Å². The summed E-state index contributed by atoms with van der Waals surface area (Å²) in [5, 5.41) is 9.65. The molecule has 0 heterocycles. The molecule has 5 heteroatoms. The van der Waals surface area contributed by atoms with Crippen molar-refractivity contribution in [2.45, 2.75) is 18.3 Å². The minimum absolute atomic E-state index is 0.210. The smallest absolute Gasteiger partial charge is 0.114 e. The molecule has 0 saturated carbocycles. The van der Waals surface area contributed by atoms with Gasteiger partial charge in [0, 0.05) is 28.4 Å². The average molecular weight is 208 g/mol. The molecule has 0 fully saturated rings. The molecule has 5 nitrogen and oxygen atoms in total. The second-order valence-corrected chi connectivity index (χ2v) is 2.95. The Balaban J connectivity index is 4.18. The van der Waals surface area contributed by atoms with Crippen molar-refractivity contribution >= 4 is 0 Å². The number of hydrogen-bond acceptors (Lipinski definition) is 5. The van der Waals surface area contributed by atoms with E-state index in [2.05, 4.69) is 0 Å². The van der Waals surface area contributed by atoms with Crippen molar-refractivity contribution in [3.8, 4) is 0 Å². The molecule has 0 aliphatic carbocycles. The van der Waals surface area contributed by atoms with Crippen LogP contribution in [0.1, 0.15) is 0 Å². The lowest BCUT2D eigenvalue weighted by atomic mass is 10.1. The van der Waals surface area contributed by atoms with E-state index in [1.807, 2.05) is 0 Å². The van der Waals surface area contributed by atoms with Crippen molar-refractivity contribution in [3.05, 3.63) is 0 Å². The molecule has 0 radical (unpaired) electrons. The highest BCUT2D eigenvalue weighted by Crippen LogP contribution is 2.08. The molecule has 86 valence electrons. The molecule has 0 saturated heterocycles. The fourth-order valence-corrected chi connectivity index (χ4v) is 1.28. The summed E-state index contributed by atoms with van der Waals surface area (Å²) in [6.07, 6.45) is -1.46. The van der Waals surface area contributed by atoms with Gasteiger partial charge < -0.3 is 24.1 Å². The first-order valence-electron chi connectivity index (χ1n) is 4.42. The van der Waals surface area contributed by atoms with Gasteiger partial charge in [0.1, 0.15) is 18.3 Å². The third kappa shape index (κ3) is 4.34. The lowest BCUT2D eigenvalue weighted by molar-refractivity contribution is -0.127. The molecule has 0 spiro atoms. The third-order valence-corrected chi connectivity index (χ3v) is 1.99. The Bertz CT molecular complexity index is 130. The highest BCUT2D eigenvalue weighted by atomic mass is 16.6. The van der Waals surface area contributed by atoms with Crippen molar-refractivity contribution in [2.75, 3.05) is 41.7 Å². The van der Waals surface area contributed by atoms with Crippen LogP contribution in [-0.2, 0) is 18.9 Å². The molecule has 0 rings (SSSR count). The van der Waals surface area contributed by atoms with Crippen LogP contribution in [0.4, 0.5) is 0 Å². The van der Waals surface area contributed by atoms with Crippen molar-refractivity contribution in [3.63, 3.8) is 0 Å². The molecule has 0 aromatic rings. The maximum absolute atomic E-state index is 9.65. The maximum atomic E-state index is 9.65. The van der Waals surface area contributed by atoms with E-state index >= 15 is 0 Å². The quantitative estimate of drug-likeness (QED) is 0.592. The Morgan fingerprint density at radius 2 is 1.50 bits per heavy atom. The number of aliphatic hydroxyl groups is 1. The van der Waals surface area contributed by atoms with Crippen molar-refractivity contribution in [1.29, 1.82) is 0 Å². The summed E-state index contributed by atoms with van der Waals surface area (Å²) in [6, 6.07) is 0. The van der Waals surface area contributed by atoms with Crippen LogP contribution in [0.25, 0.3) is 0 Å². The van der Waals surface area contributed by atoms with Gasteiger partial charge in [-0.05, 0) is 0 Å². The van der Waals surface area contributed by atoms with E-state index in [4.69, 9.17) is 18.9 Å². The Morgan fingerprint density at radius 3 is 1.86 bits per heavy atom. The summed E-state index contributed by atoms with van der Waals surface area (Å²) in [7, 11) is 6.16. The van der Waals surface area contributed by atoms with Gasteiger partial charge in [-0.2, -0.15) is 0 Å². The summed E-state index contributed by atoms with van der Waals surface area (Å²) < 4.78 is 20.1. The first-order valence-corrected chi connectivity index (χ1v) is 4.42. The van der Waals surface area contributed by atoms with Crippen LogP contribution in [0, 0.1) is 0 Å². The molecule has 0 aliphatic heterocycles. The molecule has 3 unspecified atom stereocenters. The topological polar surface area (TPSA) is 57.2 Å². The van der Waals surface area contributed by atoms with Gasteiger partial charge in [-0.1, -0.05) is 0 Å². The monoisotopic (exact) mass is 208 g/mol. The maximum Gasteiger partial charge on any atom is 0.114 e.